The molecule has 1 heterocycles. The van der Waals surface area contributed by atoms with Crippen molar-refractivity contribution in [1.82, 2.24) is 5.32 Å². The van der Waals surface area contributed by atoms with Gasteiger partial charge in [-0.05, 0) is 67.9 Å². The van der Waals surface area contributed by atoms with E-state index in [2.05, 4.69) is 5.32 Å². The van der Waals surface area contributed by atoms with E-state index in [0.717, 1.165) is 22.9 Å². The Labute approximate surface area is 274 Å². The van der Waals surface area contributed by atoms with Crippen molar-refractivity contribution in [3.63, 3.8) is 0 Å². The molecule has 3 aromatic carbocycles. The zero-order valence-electron chi connectivity index (χ0n) is 27.4. The minimum Gasteiger partial charge on any atom is -0.497 e. The largest absolute Gasteiger partial charge is 0.497 e. The lowest BCUT2D eigenvalue weighted by Gasteiger charge is -2.31. The number of carbonyl (C=O) groups is 2. The number of hydrogen-bond acceptors (Lipinski definition) is 11. The second-order valence-corrected chi connectivity index (χ2v) is 11.0. The van der Waals surface area contributed by atoms with E-state index in [-0.39, 0.29) is 30.0 Å². The van der Waals surface area contributed by atoms with Crippen LogP contribution in [-0.4, -0.2) is 71.5 Å². The van der Waals surface area contributed by atoms with Gasteiger partial charge in [0.15, 0.2) is 0 Å². The third-order valence-corrected chi connectivity index (χ3v) is 7.96. The molecule has 0 aliphatic carbocycles. The van der Waals surface area contributed by atoms with Gasteiger partial charge in [0, 0.05) is 49.0 Å². The van der Waals surface area contributed by atoms with Gasteiger partial charge in [0.25, 0.3) is 5.69 Å². The highest BCUT2D eigenvalue weighted by Crippen LogP contribution is 2.40. The lowest BCUT2D eigenvalue weighted by molar-refractivity contribution is -0.384. The second-order valence-electron chi connectivity index (χ2n) is 11.0. The van der Waals surface area contributed by atoms with Crippen LogP contribution < -0.4 is 24.6 Å². The fourth-order valence-corrected chi connectivity index (χ4v) is 5.32. The van der Waals surface area contributed by atoms with Crippen molar-refractivity contribution in [1.29, 1.82) is 0 Å². The van der Waals surface area contributed by atoms with Gasteiger partial charge in [-0.1, -0.05) is 12.1 Å². The molecule has 0 atom stereocenters. The highest BCUT2D eigenvalue weighted by molar-refractivity contribution is 6.00. The Bertz CT molecular complexity index is 1560. The lowest BCUT2D eigenvalue weighted by Crippen LogP contribution is -2.34. The number of esters is 2. The van der Waals surface area contributed by atoms with E-state index in [1.54, 1.807) is 34.1 Å². The first kappa shape index (κ1) is 34.4. The molecule has 47 heavy (non-hydrogen) atoms. The lowest BCUT2D eigenvalue weighted by atomic mass is 9.80. The highest BCUT2D eigenvalue weighted by Gasteiger charge is 2.38. The molecule has 0 fully saturated rings. The number of nitro benzene ring substituents is 1. The van der Waals surface area contributed by atoms with E-state index in [1.165, 1.54) is 18.2 Å². The molecular formula is C35H40N4O8. The normalized spacial score (nSPS) is 13.1. The van der Waals surface area contributed by atoms with Gasteiger partial charge < -0.3 is 34.1 Å². The Morgan fingerprint density at radius 3 is 1.62 bits per heavy atom. The van der Waals surface area contributed by atoms with E-state index >= 15 is 0 Å². The number of benzene rings is 3. The van der Waals surface area contributed by atoms with Crippen molar-refractivity contribution in [2.45, 2.75) is 19.8 Å². The Morgan fingerprint density at radius 2 is 1.21 bits per heavy atom. The van der Waals surface area contributed by atoms with Crippen molar-refractivity contribution in [3.8, 4) is 11.5 Å². The molecular weight excluding hydrogens is 604 g/mol. The number of ether oxygens (including phenoxy) is 4. The number of dihydropyridines is 1. The Balaban J connectivity index is 1.53. The molecule has 0 unspecified atom stereocenters. The number of methoxy groups -OCH3 is 2. The predicted octanol–water partition coefficient (Wildman–Crippen LogP) is 5.21. The molecule has 1 aliphatic heterocycles. The molecule has 0 saturated heterocycles. The molecule has 12 heteroatoms. The van der Waals surface area contributed by atoms with Crippen molar-refractivity contribution in [2.75, 3.05) is 64.4 Å². The number of hydrogen-bond donors (Lipinski definition) is 1. The summed E-state index contributed by atoms with van der Waals surface area (Å²) in [6, 6.07) is 20.9. The topological polar surface area (TPSA) is 133 Å². The first-order valence-electron chi connectivity index (χ1n) is 15.0. The first-order valence-corrected chi connectivity index (χ1v) is 15.0. The summed E-state index contributed by atoms with van der Waals surface area (Å²) in [5.74, 6) is -0.794. The molecule has 4 rings (SSSR count). The van der Waals surface area contributed by atoms with Crippen molar-refractivity contribution in [2.24, 2.45) is 0 Å². The number of nitrogens with one attached hydrogen (secondary N) is 1. The summed E-state index contributed by atoms with van der Waals surface area (Å²) in [7, 11) is 6.95. The Kier molecular flexibility index (Phi) is 11.4. The smallest absolute Gasteiger partial charge is 0.336 e. The van der Waals surface area contributed by atoms with Gasteiger partial charge in [-0.15, -0.1) is 0 Å². The number of carbonyl (C=O) groups excluding carboxylic acids is 2. The van der Waals surface area contributed by atoms with E-state index in [1.807, 2.05) is 72.4 Å². The minimum atomic E-state index is -0.963. The molecule has 0 aromatic heterocycles. The molecule has 3 aromatic rings. The summed E-state index contributed by atoms with van der Waals surface area (Å²) in [4.78, 5) is 42.4. The van der Waals surface area contributed by atoms with E-state index in [0.29, 0.717) is 30.0 Å². The number of nitro groups is 1. The number of non-ortho nitro benzene ring substituents is 1. The Morgan fingerprint density at radius 1 is 0.766 bits per heavy atom. The van der Waals surface area contributed by atoms with Crippen molar-refractivity contribution < 1.29 is 33.5 Å². The van der Waals surface area contributed by atoms with Crippen LogP contribution in [-0.2, 0) is 19.1 Å². The fourth-order valence-electron chi connectivity index (χ4n) is 5.32. The summed E-state index contributed by atoms with van der Waals surface area (Å²) in [6.07, 6.45) is 0. The van der Waals surface area contributed by atoms with Crippen LogP contribution in [0.5, 0.6) is 11.5 Å². The van der Waals surface area contributed by atoms with Crippen LogP contribution >= 0.6 is 0 Å². The third-order valence-electron chi connectivity index (χ3n) is 7.96. The van der Waals surface area contributed by atoms with Gasteiger partial charge in [-0.2, -0.15) is 0 Å². The highest BCUT2D eigenvalue weighted by atomic mass is 16.6. The summed E-state index contributed by atoms with van der Waals surface area (Å²) in [5.41, 5.74) is 3.34. The zero-order chi connectivity index (χ0) is 34.1. The molecule has 248 valence electrons. The van der Waals surface area contributed by atoms with E-state index < -0.39 is 22.8 Å². The average Bonchev–Trinajstić information content (AvgIpc) is 3.07. The van der Waals surface area contributed by atoms with Gasteiger partial charge in [-0.25, -0.2) is 9.59 Å². The van der Waals surface area contributed by atoms with Crippen LogP contribution in [0.1, 0.15) is 25.3 Å². The average molecular weight is 645 g/mol. The molecule has 0 saturated carbocycles. The maximum Gasteiger partial charge on any atom is 0.336 e. The third kappa shape index (κ3) is 8.40. The Hall–Kier alpha value is -5.52. The van der Waals surface area contributed by atoms with Gasteiger partial charge in [0.2, 0.25) is 0 Å². The molecule has 0 amide bonds. The van der Waals surface area contributed by atoms with Crippen LogP contribution in [0.15, 0.2) is 95.3 Å². The van der Waals surface area contributed by atoms with Crippen LogP contribution in [0.2, 0.25) is 0 Å². The summed E-state index contributed by atoms with van der Waals surface area (Å²) < 4.78 is 21.9. The van der Waals surface area contributed by atoms with Crippen molar-refractivity contribution in [3.05, 3.63) is 111 Å². The second kappa shape index (κ2) is 15.7. The standard InChI is InChI=1S/C35H40N4O8/c1-23-31(34(40)46-20-18-37(3)26-10-14-29(44-5)15-11-26)33(25-8-7-9-28(22-25)39(42)43)32(24(2)36-23)35(41)47-21-19-38(4)27-12-16-30(45-6)17-13-27/h7-17,22,33,36H,18-21H2,1-6H3. The number of allylic oxidation sites excluding steroid dienone is 2. The van der Waals surface area contributed by atoms with Crippen LogP contribution in [0, 0.1) is 10.1 Å². The minimum absolute atomic E-state index is 0.0555. The van der Waals surface area contributed by atoms with Crippen molar-refractivity contribution >= 4 is 29.0 Å². The maximum absolute atomic E-state index is 13.7. The van der Waals surface area contributed by atoms with Gasteiger partial charge in [-0.3, -0.25) is 10.1 Å². The number of anilines is 2. The molecule has 1 N–H and O–H groups in total. The molecule has 12 nitrogen and oxygen atoms in total. The van der Waals surface area contributed by atoms with Gasteiger partial charge >= 0.3 is 11.9 Å². The molecule has 0 radical (unpaired) electrons. The summed E-state index contributed by atoms with van der Waals surface area (Å²) in [5, 5.41) is 14.8. The van der Waals surface area contributed by atoms with E-state index in [9.17, 15) is 19.7 Å². The molecule has 1 aliphatic rings. The predicted molar refractivity (Wildman–Crippen MR) is 179 cm³/mol. The summed E-state index contributed by atoms with van der Waals surface area (Å²) in [6.45, 7) is 4.31. The number of likely N-dealkylation sites (N-methyl/N-ethyl adjacent to an activating group) is 2. The van der Waals surface area contributed by atoms with Gasteiger partial charge in [0.1, 0.15) is 24.7 Å². The summed E-state index contributed by atoms with van der Waals surface area (Å²) >= 11 is 0. The van der Waals surface area contributed by atoms with Crippen LogP contribution in [0.4, 0.5) is 17.1 Å². The fraction of sp³-hybridized carbons (Fsp3) is 0.314. The first-order chi connectivity index (χ1) is 22.5. The SMILES string of the molecule is COc1ccc(N(C)CCOC(=O)C2=C(C)NC(C)=C(C(=O)OCCN(C)c3ccc(OC)cc3)C2c2cccc([N+](=O)[O-])c2)cc1. The van der Waals surface area contributed by atoms with E-state index in [4.69, 9.17) is 18.9 Å². The maximum atomic E-state index is 13.7. The van der Waals surface area contributed by atoms with Gasteiger partial charge in [0.05, 0.1) is 49.3 Å². The quantitative estimate of drug-likeness (QED) is 0.141. The number of rotatable bonds is 14. The molecule has 0 bridgehead atoms. The monoisotopic (exact) mass is 644 g/mol. The number of nitrogens with zero attached hydrogens (tertiary/aromatic N) is 3. The van der Waals surface area contributed by atoms with Crippen LogP contribution in [0.3, 0.4) is 0 Å². The molecule has 0 spiro atoms. The zero-order valence-corrected chi connectivity index (χ0v) is 27.4. The van der Waals surface area contributed by atoms with Crippen LogP contribution in [0.25, 0.3) is 0 Å².